The lowest BCUT2D eigenvalue weighted by Gasteiger charge is -2.11. The van der Waals surface area contributed by atoms with Crippen LogP contribution < -0.4 is 5.32 Å². The molecular weight excluding hydrogens is 194 g/mol. The number of aliphatic hydroxyl groups is 1. The lowest BCUT2D eigenvalue weighted by molar-refractivity contribution is -0.122. The van der Waals surface area contributed by atoms with Gasteiger partial charge in [0.1, 0.15) is 0 Å². The topological polar surface area (TPSA) is 58.6 Å². The number of hydrogen-bond donors (Lipinski definition) is 2. The molecule has 1 aliphatic heterocycles. The molecule has 0 aromatic carbocycles. The smallest absolute Gasteiger partial charge is 0.220 e. The normalized spacial score (nSPS) is 27.7. The second-order valence-corrected chi connectivity index (χ2v) is 4.34. The summed E-state index contributed by atoms with van der Waals surface area (Å²) < 4.78 is 5.61. The summed E-state index contributed by atoms with van der Waals surface area (Å²) in [6.07, 6.45) is 3.55. The third kappa shape index (κ3) is 5.14. The maximum atomic E-state index is 11.3. The van der Waals surface area contributed by atoms with Gasteiger partial charge in [0.25, 0.3) is 0 Å². The van der Waals surface area contributed by atoms with Crippen LogP contribution in [-0.4, -0.2) is 35.9 Å². The van der Waals surface area contributed by atoms with E-state index < -0.39 is 6.10 Å². The molecule has 0 saturated carbocycles. The number of rotatable bonds is 5. The Morgan fingerprint density at radius 1 is 1.60 bits per heavy atom. The Hall–Kier alpha value is -0.610. The van der Waals surface area contributed by atoms with Crippen molar-refractivity contribution >= 4 is 5.91 Å². The fourth-order valence-electron chi connectivity index (χ4n) is 1.74. The van der Waals surface area contributed by atoms with E-state index in [4.69, 9.17) is 9.84 Å². The summed E-state index contributed by atoms with van der Waals surface area (Å²) >= 11 is 0. The van der Waals surface area contributed by atoms with Crippen LogP contribution in [0.25, 0.3) is 0 Å². The molecule has 3 atom stereocenters. The molecule has 3 unspecified atom stereocenters. The average Bonchev–Trinajstić information content (AvgIpc) is 2.58. The van der Waals surface area contributed by atoms with Gasteiger partial charge in [0.2, 0.25) is 5.91 Å². The zero-order chi connectivity index (χ0) is 11.3. The molecule has 4 nitrogen and oxygen atoms in total. The maximum Gasteiger partial charge on any atom is 0.220 e. The van der Waals surface area contributed by atoms with Crippen molar-refractivity contribution in [2.75, 3.05) is 6.54 Å². The van der Waals surface area contributed by atoms with Gasteiger partial charge in [0.15, 0.2) is 0 Å². The second kappa shape index (κ2) is 6.08. The van der Waals surface area contributed by atoms with Crippen LogP contribution in [0, 0.1) is 0 Å². The number of nitrogens with one attached hydrogen (secondary N) is 1. The van der Waals surface area contributed by atoms with Gasteiger partial charge in [0.05, 0.1) is 18.3 Å². The molecule has 0 aromatic heterocycles. The first kappa shape index (κ1) is 12.5. The van der Waals surface area contributed by atoms with Crippen molar-refractivity contribution in [1.29, 1.82) is 0 Å². The first-order valence-corrected chi connectivity index (χ1v) is 5.68. The van der Waals surface area contributed by atoms with Crippen LogP contribution in [0.5, 0.6) is 0 Å². The van der Waals surface area contributed by atoms with E-state index in [1.807, 2.05) is 0 Å². The summed E-state index contributed by atoms with van der Waals surface area (Å²) in [7, 11) is 0. The highest BCUT2D eigenvalue weighted by molar-refractivity contribution is 5.75. The van der Waals surface area contributed by atoms with Gasteiger partial charge in [-0.3, -0.25) is 4.79 Å². The molecule has 0 aromatic rings. The number of ether oxygens (including phenoxy) is 1. The summed E-state index contributed by atoms with van der Waals surface area (Å²) in [5, 5.41) is 11.6. The van der Waals surface area contributed by atoms with Crippen molar-refractivity contribution < 1.29 is 14.6 Å². The van der Waals surface area contributed by atoms with Crippen LogP contribution in [0.4, 0.5) is 0 Å². The van der Waals surface area contributed by atoms with Crippen LogP contribution in [-0.2, 0) is 9.53 Å². The van der Waals surface area contributed by atoms with E-state index >= 15 is 0 Å². The Morgan fingerprint density at radius 2 is 2.33 bits per heavy atom. The van der Waals surface area contributed by atoms with E-state index in [2.05, 4.69) is 12.2 Å². The van der Waals surface area contributed by atoms with Crippen LogP contribution in [0.1, 0.15) is 39.5 Å². The third-order valence-corrected chi connectivity index (χ3v) is 2.61. The van der Waals surface area contributed by atoms with E-state index in [1.54, 1.807) is 6.92 Å². The minimum Gasteiger partial charge on any atom is -0.392 e. The van der Waals surface area contributed by atoms with Gasteiger partial charge in [0, 0.05) is 13.0 Å². The highest BCUT2D eigenvalue weighted by atomic mass is 16.5. The fourth-order valence-corrected chi connectivity index (χ4v) is 1.74. The van der Waals surface area contributed by atoms with Crippen LogP contribution in [0.3, 0.4) is 0 Å². The zero-order valence-electron chi connectivity index (χ0n) is 9.53. The Kier molecular flexibility index (Phi) is 5.05. The summed E-state index contributed by atoms with van der Waals surface area (Å²) in [5.74, 6) is -0.000877. The zero-order valence-corrected chi connectivity index (χ0v) is 9.53. The van der Waals surface area contributed by atoms with Crippen molar-refractivity contribution in [2.45, 2.75) is 57.8 Å². The van der Waals surface area contributed by atoms with Crippen molar-refractivity contribution in [3.63, 3.8) is 0 Å². The number of amides is 1. The molecule has 0 spiro atoms. The molecule has 1 heterocycles. The van der Waals surface area contributed by atoms with Crippen LogP contribution in [0.2, 0.25) is 0 Å². The quantitative estimate of drug-likeness (QED) is 0.714. The van der Waals surface area contributed by atoms with Gasteiger partial charge in [-0.05, 0) is 33.1 Å². The monoisotopic (exact) mass is 215 g/mol. The van der Waals surface area contributed by atoms with Gasteiger partial charge in [-0.1, -0.05) is 0 Å². The first-order valence-electron chi connectivity index (χ1n) is 5.68. The van der Waals surface area contributed by atoms with Crippen molar-refractivity contribution in [2.24, 2.45) is 0 Å². The van der Waals surface area contributed by atoms with Gasteiger partial charge in [-0.15, -0.1) is 0 Å². The molecule has 1 saturated heterocycles. The maximum absolute atomic E-state index is 11.3. The van der Waals surface area contributed by atoms with Crippen molar-refractivity contribution in [1.82, 2.24) is 5.32 Å². The molecule has 15 heavy (non-hydrogen) atoms. The summed E-state index contributed by atoms with van der Waals surface area (Å²) in [5.41, 5.74) is 0. The van der Waals surface area contributed by atoms with E-state index in [0.717, 1.165) is 19.3 Å². The Balaban J connectivity index is 2.06. The predicted octanol–water partition coefficient (Wildman–Crippen LogP) is 0.831. The number of carbonyl (C=O) groups is 1. The molecule has 88 valence electrons. The Bertz CT molecular complexity index is 206. The minimum atomic E-state index is -0.475. The van der Waals surface area contributed by atoms with Crippen LogP contribution in [0.15, 0.2) is 0 Å². The van der Waals surface area contributed by atoms with Crippen molar-refractivity contribution in [3.8, 4) is 0 Å². The minimum absolute atomic E-state index is 0.000877. The summed E-state index contributed by atoms with van der Waals surface area (Å²) in [6, 6.07) is 0. The molecule has 4 heteroatoms. The lowest BCUT2D eigenvalue weighted by atomic mass is 10.1. The standard InChI is InChI=1S/C11H21NO3/c1-8(13)7-12-11(14)6-5-10-4-3-9(2)15-10/h8-10,13H,3-7H2,1-2H3,(H,12,14). The fraction of sp³-hybridized carbons (Fsp3) is 0.909. The van der Waals surface area contributed by atoms with E-state index in [-0.39, 0.29) is 12.0 Å². The molecular formula is C11H21NO3. The number of hydrogen-bond acceptors (Lipinski definition) is 3. The van der Waals surface area contributed by atoms with Crippen molar-refractivity contribution in [3.05, 3.63) is 0 Å². The van der Waals surface area contributed by atoms with E-state index in [0.29, 0.717) is 19.1 Å². The summed E-state index contributed by atoms with van der Waals surface area (Å²) in [6.45, 7) is 4.05. The highest BCUT2D eigenvalue weighted by Gasteiger charge is 2.22. The van der Waals surface area contributed by atoms with Gasteiger partial charge in [-0.25, -0.2) is 0 Å². The molecule has 0 aliphatic carbocycles. The molecule has 0 radical (unpaired) electrons. The van der Waals surface area contributed by atoms with E-state index in [9.17, 15) is 4.79 Å². The van der Waals surface area contributed by atoms with Gasteiger partial charge >= 0.3 is 0 Å². The van der Waals surface area contributed by atoms with Crippen LogP contribution >= 0.6 is 0 Å². The van der Waals surface area contributed by atoms with Gasteiger partial charge in [-0.2, -0.15) is 0 Å². The molecule has 1 rings (SSSR count). The lowest BCUT2D eigenvalue weighted by Crippen LogP contribution is -2.31. The number of carbonyl (C=O) groups excluding carboxylic acids is 1. The molecule has 1 amide bonds. The largest absolute Gasteiger partial charge is 0.392 e. The predicted molar refractivity (Wildman–Crippen MR) is 57.5 cm³/mol. The Morgan fingerprint density at radius 3 is 2.87 bits per heavy atom. The molecule has 0 bridgehead atoms. The summed E-state index contributed by atoms with van der Waals surface area (Å²) in [4.78, 5) is 11.3. The highest BCUT2D eigenvalue weighted by Crippen LogP contribution is 2.22. The molecule has 2 N–H and O–H groups in total. The van der Waals surface area contributed by atoms with E-state index in [1.165, 1.54) is 0 Å². The second-order valence-electron chi connectivity index (χ2n) is 4.34. The third-order valence-electron chi connectivity index (χ3n) is 2.61. The number of aliphatic hydroxyl groups excluding tert-OH is 1. The first-order chi connectivity index (χ1) is 7.08. The SMILES string of the molecule is CC(O)CNC(=O)CCC1CCC(C)O1. The average molecular weight is 215 g/mol. The molecule has 1 fully saturated rings. The Labute approximate surface area is 91.0 Å². The molecule has 1 aliphatic rings. The van der Waals surface area contributed by atoms with Gasteiger partial charge < -0.3 is 15.2 Å².